The van der Waals surface area contributed by atoms with E-state index in [-0.39, 0.29) is 49.5 Å². The van der Waals surface area contributed by atoms with E-state index in [0.29, 0.717) is 11.4 Å². The molecule has 0 bridgehead atoms. The standard InChI is InChI=1S/2C8H9NO2.2C5H5.Zr/c2*1-6(10)9-7-4-2-3-5-8(7)11;2*1-2-4-5-3-1;/h2*2-5,11H,1H3,(H,9,10);2*1-3H,4H2;/q;;2*-1;+2. The predicted molar refractivity (Wildman–Crippen MR) is 128 cm³/mol. The number of phenols is 2. The number of hydrogen-bond acceptors (Lipinski definition) is 4. The summed E-state index contributed by atoms with van der Waals surface area (Å²) in [6, 6.07) is 13.2. The molecule has 4 rings (SSSR count). The van der Waals surface area contributed by atoms with Crippen LogP contribution in [0.2, 0.25) is 0 Å². The molecule has 0 unspecified atom stereocenters. The Labute approximate surface area is 214 Å². The number of rotatable bonds is 2. The fraction of sp³-hybridized carbons (Fsp3) is 0.154. The van der Waals surface area contributed by atoms with Crippen LogP contribution in [0.1, 0.15) is 26.7 Å². The first-order valence-corrected chi connectivity index (χ1v) is 9.94. The van der Waals surface area contributed by atoms with Crippen LogP contribution in [0.15, 0.2) is 85.0 Å². The molecule has 0 spiro atoms. The fourth-order valence-electron chi connectivity index (χ4n) is 2.22. The summed E-state index contributed by atoms with van der Waals surface area (Å²) in [7, 11) is 0. The van der Waals surface area contributed by atoms with Crippen molar-refractivity contribution in [1.29, 1.82) is 0 Å². The Hall–Kier alpha value is -3.18. The molecule has 0 heterocycles. The zero-order valence-electron chi connectivity index (χ0n) is 18.7. The van der Waals surface area contributed by atoms with Gasteiger partial charge in [0.2, 0.25) is 11.8 Å². The molecule has 0 atom stereocenters. The first kappa shape index (κ1) is 29.8. The van der Waals surface area contributed by atoms with E-state index in [1.807, 2.05) is 24.3 Å². The molecule has 2 aliphatic rings. The maximum absolute atomic E-state index is 10.5. The molecule has 0 radical (unpaired) electrons. The molecule has 0 aromatic heterocycles. The van der Waals surface area contributed by atoms with Gasteiger partial charge in [-0.25, -0.2) is 24.3 Å². The number of allylic oxidation sites excluding steroid dienone is 8. The summed E-state index contributed by atoms with van der Waals surface area (Å²) in [5.41, 5.74) is 0.889. The molecular weight excluding hydrogens is 496 g/mol. The normalized spacial score (nSPS) is 11.5. The minimum Gasteiger partial charge on any atom is -0.506 e. The van der Waals surface area contributed by atoms with Crippen molar-refractivity contribution < 1.29 is 46.0 Å². The summed E-state index contributed by atoms with van der Waals surface area (Å²) < 4.78 is 0. The zero-order chi connectivity index (χ0) is 23.6. The molecule has 0 saturated carbocycles. The second-order valence-corrected chi connectivity index (χ2v) is 6.40. The van der Waals surface area contributed by atoms with Crippen LogP contribution >= 0.6 is 0 Å². The Balaban J connectivity index is 0.000000434. The maximum Gasteiger partial charge on any atom is 2.00 e. The molecule has 6 nitrogen and oxygen atoms in total. The number of benzene rings is 2. The van der Waals surface area contributed by atoms with Gasteiger partial charge in [-0.1, -0.05) is 24.3 Å². The van der Waals surface area contributed by atoms with Gasteiger partial charge in [-0.2, -0.15) is 12.2 Å². The van der Waals surface area contributed by atoms with Crippen LogP contribution in [-0.4, -0.2) is 22.0 Å². The Bertz CT molecular complexity index is 882. The minimum atomic E-state index is -0.188. The predicted octanol–water partition coefficient (Wildman–Crippen LogP) is 5.31. The van der Waals surface area contributed by atoms with Crippen LogP contribution in [0.3, 0.4) is 0 Å². The SMILES string of the molecule is CC(=O)Nc1ccccc1O.CC(=O)Nc1ccccc1O.[C-]1=CC=CC1.[C-]1=CC=CC1.[Zr+2]. The summed E-state index contributed by atoms with van der Waals surface area (Å²) in [6.07, 6.45) is 20.0. The molecule has 2 aromatic rings. The van der Waals surface area contributed by atoms with E-state index in [1.54, 1.807) is 36.4 Å². The number of aromatic hydroxyl groups is 2. The van der Waals surface area contributed by atoms with Gasteiger partial charge in [0, 0.05) is 13.8 Å². The molecule has 170 valence electrons. The van der Waals surface area contributed by atoms with Crippen LogP contribution in [-0.2, 0) is 35.8 Å². The van der Waals surface area contributed by atoms with Crippen molar-refractivity contribution >= 4 is 23.2 Å². The van der Waals surface area contributed by atoms with Gasteiger partial charge < -0.3 is 20.8 Å². The number of phenolic OH excluding ortho intramolecular Hbond substituents is 2. The van der Waals surface area contributed by atoms with Crippen molar-refractivity contribution in [2.24, 2.45) is 0 Å². The Morgan fingerprint density at radius 1 is 0.727 bits per heavy atom. The van der Waals surface area contributed by atoms with E-state index in [9.17, 15) is 9.59 Å². The molecule has 0 saturated heterocycles. The second-order valence-electron chi connectivity index (χ2n) is 6.40. The zero-order valence-corrected chi connectivity index (χ0v) is 21.2. The maximum atomic E-state index is 10.5. The number of nitrogens with one attached hydrogen (secondary N) is 2. The number of carbonyl (C=O) groups is 2. The van der Waals surface area contributed by atoms with Crippen LogP contribution in [0.4, 0.5) is 11.4 Å². The molecule has 0 aliphatic heterocycles. The Morgan fingerprint density at radius 3 is 1.30 bits per heavy atom. The van der Waals surface area contributed by atoms with Crippen LogP contribution in [0.5, 0.6) is 11.5 Å². The van der Waals surface area contributed by atoms with Gasteiger partial charge in [-0.15, -0.1) is 12.8 Å². The van der Waals surface area contributed by atoms with Crippen LogP contribution in [0.25, 0.3) is 0 Å². The van der Waals surface area contributed by atoms with Crippen molar-refractivity contribution in [3.63, 3.8) is 0 Å². The smallest absolute Gasteiger partial charge is 0.506 e. The summed E-state index contributed by atoms with van der Waals surface area (Å²) in [5.74, 6) is -0.205. The summed E-state index contributed by atoms with van der Waals surface area (Å²) in [6.45, 7) is 2.79. The van der Waals surface area contributed by atoms with Gasteiger partial charge in [-0.05, 0) is 24.3 Å². The average molecular weight is 524 g/mol. The van der Waals surface area contributed by atoms with Gasteiger partial charge >= 0.3 is 26.2 Å². The van der Waals surface area contributed by atoms with Gasteiger partial charge in [0.05, 0.1) is 11.4 Å². The molecule has 2 aliphatic carbocycles. The van der Waals surface area contributed by atoms with E-state index < -0.39 is 0 Å². The first-order chi connectivity index (χ1) is 15.4. The topological polar surface area (TPSA) is 98.7 Å². The van der Waals surface area contributed by atoms with E-state index in [0.717, 1.165) is 12.8 Å². The molecule has 0 fully saturated rings. The molecule has 33 heavy (non-hydrogen) atoms. The summed E-state index contributed by atoms with van der Waals surface area (Å²) >= 11 is 0. The quantitative estimate of drug-likeness (QED) is 0.317. The summed E-state index contributed by atoms with van der Waals surface area (Å²) in [5, 5.41) is 23.3. The molecule has 2 amide bonds. The van der Waals surface area contributed by atoms with E-state index in [4.69, 9.17) is 10.2 Å². The van der Waals surface area contributed by atoms with Crippen molar-refractivity contribution in [1.82, 2.24) is 0 Å². The molecule has 4 N–H and O–H groups in total. The Kier molecular flexibility index (Phi) is 16.6. The number of hydrogen-bond donors (Lipinski definition) is 4. The van der Waals surface area contributed by atoms with Crippen molar-refractivity contribution in [2.75, 3.05) is 10.6 Å². The fourth-order valence-corrected chi connectivity index (χ4v) is 2.22. The average Bonchev–Trinajstić information content (AvgIpc) is 3.51. The minimum absolute atomic E-state index is 0. The van der Waals surface area contributed by atoms with E-state index in [2.05, 4.69) is 34.9 Å². The van der Waals surface area contributed by atoms with Gasteiger partial charge in [0.25, 0.3) is 0 Å². The third kappa shape index (κ3) is 15.3. The molecule has 2 aromatic carbocycles. The molecular formula is C26H28N2O4Zr. The van der Waals surface area contributed by atoms with Crippen LogP contribution < -0.4 is 10.6 Å². The Morgan fingerprint density at radius 2 is 1.09 bits per heavy atom. The monoisotopic (exact) mass is 522 g/mol. The van der Waals surface area contributed by atoms with E-state index in [1.165, 1.54) is 26.0 Å². The van der Waals surface area contributed by atoms with Gasteiger partial charge in [-0.3, -0.25) is 21.7 Å². The third-order valence-corrected chi connectivity index (χ3v) is 3.60. The van der Waals surface area contributed by atoms with Crippen molar-refractivity contribution in [3.8, 4) is 11.5 Å². The summed E-state index contributed by atoms with van der Waals surface area (Å²) in [4.78, 5) is 21.1. The number of anilines is 2. The van der Waals surface area contributed by atoms with E-state index >= 15 is 0 Å². The van der Waals surface area contributed by atoms with Crippen molar-refractivity contribution in [3.05, 3.63) is 97.1 Å². The van der Waals surface area contributed by atoms with Gasteiger partial charge in [0.1, 0.15) is 11.5 Å². The second kappa shape index (κ2) is 18.4. The number of carbonyl (C=O) groups excluding carboxylic acids is 2. The van der Waals surface area contributed by atoms with Crippen LogP contribution in [0, 0.1) is 12.2 Å². The third-order valence-electron chi connectivity index (χ3n) is 3.60. The number of para-hydroxylation sites is 4. The first-order valence-electron chi connectivity index (χ1n) is 9.94. The molecule has 7 heteroatoms. The van der Waals surface area contributed by atoms with Gasteiger partial charge in [0.15, 0.2) is 0 Å². The largest absolute Gasteiger partial charge is 2.00 e. The number of amides is 2. The van der Waals surface area contributed by atoms with Crippen molar-refractivity contribution in [2.45, 2.75) is 26.7 Å².